The second-order valence-corrected chi connectivity index (χ2v) is 4.53. The Morgan fingerprint density at radius 2 is 2.06 bits per heavy atom. The fourth-order valence-corrected chi connectivity index (χ4v) is 2.15. The minimum absolute atomic E-state index is 0.0284. The SMILES string of the molecule is COC1C(N)CC1Oc1ccc(C)cc1C. The molecule has 0 heterocycles. The third kappa shape index (κ3) is 2.06. The Bertz CT molecular complexity index is 378. The van der Waals surface area contributed by atoms with Crippen molar-refractivity contribution in [1.29, 1.82) is 0 Å². The van der Waals surface area contributed by atoms with Gasteiger partial charge in [-0.3, -0.25) is 0 Å². The van der Waals surface area contributed by atoms with Crippen LogP contribution in [0.25, 0.3) is 0 Å². The molecule has 0 aliphatic heterocycles. The highest BCUT2D eigenvalue weighted by atomic mass is 16.5. The van der Waals surface area contributed by atoms with Crippen molar-refractivity contribution in [3.8, 4) is 5.75 Å². The maximum atomic E-state index is 5.90. The number of nitrogens with two attached hydrogens (primary N) is 1. The summed E-state index contributed by atoms with van der Waals surface area (Å²) < 4.78 is 11.2. The zero-order valence-electron chi connectivity index (χ0n) is 10.1. The van der Waals surface area contributed by atoms with Gasteiger partial charge in [0.2, 0.25) is 0 Å². The molecule has 0 aromatic heterocycles. The van der Waals surface area contributed by atoms with Crippen molar-refractivity contribution in [2.75, 3.05) is 7.11 Å². The monoisotopic (exact) mass is 221 g/mol. The molecule has 1 saturated carbocycles. The fourth-order valence-electron chi connectivity index (χ4n) is 2.15. The van der Waals surface area contributed by atoms with Gasteiger partial charge in [0.25, 0.3) is 0 Å². The first-order valence-electron chi connectivity index (χ1n) is 5.64. The van der Waals surface area contributed by atoms with E-state index in [0.717, 1.165) is 17.7 Å². The van der Waals surface area contributed by atoms with Crippen LogP contribution in [0.3, 0.4) is 0 Å². The summed E-state index contributed by atoms with van der Waals surface area (Å²) >= 11 is 0. The van der Waals surface area contributed by atoms with Gasteiger partial charge in [0.15, 0.2) is 0 Å². The van der Waals surface area contributed by atoms with Crippen LogP contribution < -0.4 is 10.5 Å². The van der Waals surface area contributed by atoms with Gasteiger partial charge >= 0.3 is 0 Å². The minimum Gasteiger partial charge on any atom is -0.487 e. The lowest BCUT2D eigenvalue weighted by Crippen LogP contribution is -2.59. The Balaban J connectivity index is 2.04. The maximum Gasteiger partial charge on any atom is 0.128 e. The zero-order valence-corrected chi connectivity index (χ0v) is 10.1. The molecule has 1 fully saturated rings. The highest BCUT2D eigenvalue weighted by Crippen LogP contribution is 2.29. The van der Waals surface area contributed by atoms with Crippen LogP contribution in [0.15, 0.2) is 18.2 Å². The van der Waals surface area contributed by atoms with Crippen LogP contribution in [0.2, 0.25) is 0 Å². The lowest BCUT2D eigenvalue weighted by molar-refractivity contribution is -0.0784. The number of ether oxygens (including phenoxy) is 2. The standard InChI is InChI=1S/C13H19NO2/c1-8-4-5-11(9(2)6-8)16-12-7-10(14)13(12)15-3/h4-6,10,12-13H,7,14H2,1-3H3. The zero-order chi connectivity index (χ0) is 11.7. The summed E-state index contributed by atoms with van der Waals surface area (Å²) in [5.41, 5.74) is 8.25. The summed E-state index contributed by atoms with van der Waals surface area (Å²) in [6.45, 7) is 4.14. The molecule has 0 saturated heterocycles. The summed E-state index contributed by atoms with van der Waals surface area (Å²) in [6, 6.07) is 6.31. The Morgan fingerprint density at radius 3 is 2.62 bits per heavy atom. The molecule has 3 unspecified atom stereocenters. The van der Waals surface area contributed by atoms with Crippen molar-refractivity contribution < 1.29 is 9.47 Å². The predicted molar refractivity (Wildman–Crippen MR) is 63.7 cm³/mol. The minimum atomic E-state index is 0.0284. The van der Waals surface area contributed by atoms with Gasteiger partial charge in [0, 0.05) is 19.6 Å². The molecule has 0 spiro atoms. The Labute approximate surface area is 96.5 Å². The highest BCUT2D eigenvalue weighted by Gasteiger charge is 2.41. The summed E-state index contributed by atoms with van der Waals surface area (Å²) in [6.07, 6.45) is 0.994. The first-order chi connectivity index (χ1) is 7.61. The highest BCUT2D eigenvalue weighted by molar-refractivity contribution is 5.36. The van der Waals surface area contributed by atoms with Crippen LogP contribution in [0.4, 0.5) is 0 Å². The lowest BCUT2D eigenvalue weighted by atomic mass is 9.86. The number of hydrogen-bond donors (Lipinski definition) is 1. The molecule has 88 valence electrons. The van der Waals surface area contributed by atoms with Crippen molar-refractivity contribution in [2.45, 2.75) is 38.5 Å². The van der Waals surface area contributed by atoms with Gasteiger partial charge in [0.1, 0.15) is 18.0 Å². The van der Waals surface area contributed by atoms with Crippen LogP contribution in [-0.4, -0.2) is 25.4 Å². The fraction of sp³-hybridized carbons (Fsp3) is 0.538. The van der Waals surface area contributed by atoms with Gasteiger partial charge < -0.3 is 15.2 Å². The maximum absolute atomic E-state index is 5.90. The van der Waals surface area contributed by atoms with E-state index in [9.17, 15) is 0 Å². The average molecular weight is 221 g/mol. The lowest BCUT2D eigenvalue weighted by Gasteiger charge is -2.41. The molecule has 0 amide bonds. The molecule has 2 rings (SSSR count). The average Bonchev–Trinajstić information content (AvgIpc) is 2.21. The van der Waals surface area contributed by atoms with Crippen LogP contribution in [0.1, 0.15) is 17.5 Å². The summed E-state index contributed by atoms with van der Waals surface area (Å²) in [5, 5.41) is 0. The number of benzene rings is 1. The van der Waals surface area contributed by atoms with Crippen molar-refractivity contribution in [3.63, 3.8) is 0 Å². The van der Waals surface area contributed by atoms with Crippen molar-refractivity contribution in [2.24, 2.45) is 5.73 Å². The van der Waals surface area contributed by atoms with Gasteiger partial charge in [-0.25, -0.2) is 0 Å². The first kappa shape index (κ1) is 11.4. The number of rotatable bonds is 3. The van der Waals surface area contributed by atoms with E-state index in [0.29, 0.717) is 0 Å². The van der Waals surface area contributed by atoms with Crippen LogP contribution in [0.5, 0.6) is 5.75 Å². The van der Waals surface area contributed by atoms with E-state index in [4.69, 9.17) is 15.2 Å². The molecular formula is C13H19NO2. The third-order valence-corrected chi connectivity index (χ3v) is 3.17. The molecule has 1 aliphatic carbocycles. The first-order valence-corrected chi connectivity index (χ1v) is 5.64. The van der Waals surface area contributed by atoms with E-state index in [2.05, 4.69) is 26.0 Å². The number of hydrogen-bond acceptors (Lipinski definition) is 3. The molecule has 3 nitrogen and oxygen atoms in total. The smallest absolute Gasteiger partial charge is 0.128 e. The summed E-state index contributed by atoms with van der Waals surface area (Å²) in [7, 11) is 1.68. The molecule has 1 aromatic carbocycles. The summed E-state index contributed by atoms with van der Waals surface area (Å²) in [5.74, 6) is 0.935. The van der Waals surface area contributed by atoms with Gasteiger partial charge in [-0.05, 0) is 25.5 Å². The van der Waals surface area contributed by atoms with E-state index >= 15 is 0 Å². The normalized spacial score (nSPS) is 28.6. The molecule has 1 aliphatic rings. The van der Waals surface area contributed by atoms with Crippen LogP contribution in [0, 0.1) is 13.8 Å². The van der Waals surface area contributed by atoms with Gasteiger partial charge in [-0.15, -0.1) is 0 Å². The van der Waals surface area contributed by atoms with E-state index < -0.39 is 0 Å². The molecule has 3 atom stereocenters. The Hall–Kier alpha value is -1.06. The van der Waals surface area contributed by atoms with E-state index in [1.165, 1.54) is 5.56 Å². The molecule has 2 N–H and O–H groups in total. The van der Waals surface area contributed by atoms with E-state index in [1.807, 2.05) is 6.07 Å². The largest absolute Gasteiger partial charge is 0.487 e. The molecule has 3 heteroatoms. The Morgan fingerprint density at radius 1 is 1.31 bits per heavy atom. The van der Waals surface area contributed by atoms with Gasteiger partial charge in [-0.1, -0.05) is 17.7 Å². The number of methoxy groups -OCH3 is 1. The quantitative estimate of drug-likeness (QED) is 0.846. The third-order valence-electron chi connectivity index (χ3n) is 3.17. The molecule has 16 heavy (non-hydrogen) atoms. The summed E-state index contributed by atoms with van der Waals surface area (Å²) in [4.78, 5) is 0. The van der Waals surface area contributed by atoms with Crippen molar-refractivity contribution in [1.82, 2.24) is 0 Å². The van der Waals surface area contributed by atoms with Crippen LogP contribution in [-0.2, 0) is 4.74 Å². The predicted octanol–water partition coefficient (Wildman–Crippen LogP) is 1.80. The van der Waals surface area contributed by atoms with Gasteiger partial charge in [-0.2, -0.15) is 0 Å². The van der Waals surface area contributed by atoms with Crippen molar-refractivity contribution in [3.05, 3.63) is 29.3 Å². The molecule has 0 bridgehead atoms. The molecule has 0 radical (unpaired) electrons. The topological polar surface area (TPSA) is 44.5 Å². The van der Waals surface area contributed by atoms with E-state index in [-0.39, 0.29) is 18.2 Å². The Kier molecular flexibility index (Phi) is 3.17. The van der Waals surface area contributed by atoms with Crippen LogP contribution >= 0.6 is 0 Å². The molecule has 1 aromatic rings. The van der Waals surface area contributed by atoms with Gasteiger partial charge in [0.05, 0.1) is 0 Å². The second kappa shape index (κ2) is 4.44. The number of aryl methyl sites for hydroxylation is 2. The second-order valence-electron chi connectivity index (χ2n) is 4.53. The van der Waals surface area contributed by atoms with Crippen molar-refractivity contribution >= 4 is 0 Å². The van der Waals surface area contributed by atoms with E-state index in [1.54, 1.807) is 7.11 Å². The molecular weight excluding hydrogens is 202 g/mol.